The Morgan fingerprint density at radius 1 is 1.13 bits per heavy atom. The molecule has 3 aromatic rings. The zero-order valence-electron chi connectivity index (χ0n) is 13.8. The summed E-state index contributed by atoms with van der Waals surface area (Å²) in [5, 5.41) is 7.97. The van der Waals surface area contributed by atoms with Gasteiger partial charge in [0.1, 0.15) is 5.75 Å². The third-order valence-electron chi connectivity index (χ3n) is 4.66. The summed E-state index contributed by atoms with van der Waals surface area (Å²) in [4.78, 5) is 4.62. The molecule has 0 fully saturated rings. The first-order valence-electron chi connectivity index (χ1n) is 7.88. The van der Waals surface area contributed by atoms with Crippen molar-refractivity contribution in [1.29, 1.82) is 0 Å². The standard InChI is InChI=1S/C18H22N4O/c1-4-18(19,5-2)12-6-8-15(20-10-12)13-7-9-16-14(11-21-22-16)17(13)23-3/h6-11H,4-5,19H2,1-3H3,(H,21,22). The Morgan fingerprint density at radius 3 is 2.52 bits per heavy atom. The minimum atomic E-state index is -0.315. The molecular weight excluding hydrogens is 288 g/mol. The lowest BCUT2D eigenvalue weighted by molar-refractivity contribution is 0.411. The number of ether oxygens (including phenoxy) is 1. The predicted molar refractivity (Wildman–Crippen MR) is 92.3 cm³/mol. The van der Waals surface area contributed by atoms with Gasteiger partial charge in [-0.2, -0.15) is 5.10 Å². The Kier molecular flexibility index (Phi) is 4.05. The number of methoxy groups -OCH3 is 1. The fourth-order valence-corrected chi connectivity index (χ4v) is 2.92. The van der Waals surface area contributed by atoms with E-state index in [1.807, 2.05) is 24.4 Å². The van der Waals surface area contributed by atoms with Crippen LogP contribution in [0.1, 0.15) is 32.3 Å². The van der Waals surface area contributed by atoms with Crippen LogP contribution in [0.2, 0.25) is 0 Å². The second-order valence-electron chi connectivity index (χ2n) is 5.77. The van der Waals surface area contributed by atoms with Gasteiger partial charge in [0.05, 0.1) is 29.9 Å². The number of hydrogen-bond acceptors (Lipinski definition) is 4. The summed E-state index contributed by atoms with van der Waals surface area (Å²) in [6.07, 6.45) is 5.41. The van der Waals surface area contributed by atoms with Gasteiger partial charge in [0.15, 0.2) is 0 Å². The van der Waals surface area contributed by atoms with Crippen LogP contribution in [-0.2, 0) is 5.54 Å². The van der Waals surface area contributed by atoms with E-state index in [1.54, 1.807) is 13.3 Å². The first kappa shape index (κ1) is 15.5. The molecule has 0 amide bonds. The number of benzene rings is 1. The molecule has 5 nitrogen and oxygen atoms in total. The molecule has 5 heteroatoms. The van der Waals surface area contributed by atoms with Crippen molar-refractivity contribution in [3.63, 3.8) is 0 Å². The minimum Gasteiger partial charge on any atom is -0.495 e. The lowest BCUT2D eigenvalue weighted by atomic mass is 9.87. The van der Waals surface area contributed by atoms with E-state index in [9.17, 15) is 0 Å². The van der Waals surface area contributed by atoms with E-state index in [-0.39, 0.29) is 5.54 Å². The Labute approximate surface area is 135 Å². The molecule has 3 N–H and O–H groups in total. The van der Waals surface area contributed by atoms with E-state index < -0.39 is 0 Å². The van der Waals surface area contributed by atoms with Crippen LogP contribution >= 0.6 is 0 Å². The molecule has 0 saturated carbocycles. The Bertz CT molecular complexity index is 804. The molecule has 120 valence electrons. The number of nitrogens with one attached hydrogen (secondary N) is 1. The van der Waals surface area contributed by atoms with Gasteiger partial charge in [0.2, 0.25) is 0 Å². The molecule has 0 saturated heterocycles. The van der Waals surface area contributed by atoms with Crippen molar-refractivity contribution in [2.24, 2.45) is 5.73 Å². The predicted octanol–water partition coefficient (Wildman–Crippen LogP) is 3.61. The van der Waals surface area contributed by atoms with Gasteiger partial charge in [-0.3, -0.25) is 10.1 Å². The molecule has 0 aliphatic rings. The number of aromatic amines is 1. The minimum absolute atomic E-state index is 0.315. The fraction of sp³-hybridized carbons (Fsp3) is 0.333. The summed E-state index contributed by atoms with van der Waals surface area (Å²) in [5.74, 6) is 0.779. The first-order chi connectivity index (χ1) is 11.1. The van der Waals surface area contributed by atoms with Gasteiger partial charge in [-0.05, 0) is 36.6 Å². The Morgan fingerprint density at radius 2 is 1.91 bits per heavy atom. The highest BCUT2D eigenvalue weighted by Crippen LogP contribution is 2.35. The zero-order chi connectivity index (χ0) is 16.4. The van der Waals surface area contributed by atoms with E-state index in [0.717, 1.165) is 46.3 Å². The zero-order valence-corrected chi connectivity index (χ0v) is 13.8. The molecule has 0 bridgehead atoms. The molecule has 0 unspecified atom stereocenters. The summed E-state index contributed by atoms with van der Waals surface area (Å²) < 4.78 is 5.59. The summed E-state index contributed by atoms with van der Waals surface area (Å²) in [6, 6.07) is 8.05. The second kappa shape index (κ2) is 6.01. The van der Waals surface area contributed by atoms with Gasteiger partial charge in [-0.25, -0.2) is 0 Å². The van der Waals surface area contributed by atoms with Crippen LogP contribution in [0.5, 0.6) is 5.75 Å². The molecule has 0 aliphatic carbocycles. The molecule has 0 atom stereocenters. The molecule has 0 aliphatic heterocycles. The third kappa shape index (κ3) is 2.57. The van der Waals surface area contributed by atoms with Crippen LogP contribution in [0.15, 0.2) is 36.7 Å². The Hall–Kier alpha value is -2.40. The summed E-state index contributed by atoms with van der Waals surface area (Å²) in [6.45, 7) is 4.21. The van der Waals surface area contributed by atoms with Crippen LogP contribution in [0.3, 0.4) is 0 Å². The highest BCUT2D eigenvalue weighted by molar-refractivity contribution is 5.92. The summed E-state index contributed by atoms with van der Waals surface area (Å²) >= 11 is 0. The normalized spacial score (nSPS) is 11.8. The maximum atomic E-state index is 6.45. The molecule has 23 heavy (non-hydrogen) atoms. The van der Waals surface area contributed by atoms with Crippen molar-refractivity contribution >= 4 is 10.9 Å². The van der Waals surface area contributed by atoms with E-state index in [1.165, 1.54) is 0 Å². The second-order valence-corrected chi connectivity index (χ2v) is 5.77. The van der Waals surface area contributed by atoms with Crippen molar-refractivity contribution in [2.75, 3.05) is 7.11 Å². The van der Waals surface area contributed by atoms with Gasteiger partial charge < -0.3 is 10.5 Å². The van der Waals surface area contributed by atoms with Crippen LogP contribution in [0.25, 0.3) is 22.2 Å². The number of nitrogens with zero attached hydrogens (tertiary/aromatic N) is 2. The molecule has 0 radical (unpaired) electrons. The van der Waals surface area contributed by atoms with Gasteiger partial charge in [-0.15, -0.1) is 0 Å². The number of fused-ring (bicyclic) bond motifs is 1. The summed E-state index contributed by atoms with van der Waals surface area (Å²) in [7, 11) is 1.67. The topological polar surface area (TPSA) is 76.8 Å². The number of rotatable bonds is 5. The Balaban J connectivity index is 2.06. The quantitative estimate of drug-likeness (QED) is 0.754. The molecule has 0 spiro atoms. The number of hydrogen-bond donors (Lipinski definition) is 2. The molecule has 1 aromatic carbocycles. The van der Waals surface area contributed by atoms with E-state index in [4.69, 9.17) is 10.5 Å². The van der Waals surface area contributed by atoms with E-state index in [2.05, 4.69) is 35.1 Å². The van der Waals surface area contributed by atoms with Gasteiger partial charge in [0.25, 0.3) is 0 Å². The van der Waals surface area contributed by atoms with Gasteiger partial charge in [-0.1, -0.05) is 19.9 Å². The molecule has 2 aromatic heterocycles. The fourth-order valence-electron chi connectivity index (χ4n) is 2.92. The highest BCUT2D eigenvalue weighted by Gasteiger charge is 2.23. The van der Waals surface area contributed by atoms with Crippen molar-refractivity contribution in [3.8, 4) is 17.0 Å². The molecular formula is C18H22N4O. The van der Waals surface area contributed by atoms with Crippen LogP contribution in [0, 0.1) is 0 Å². The monoisotopic (exact) mass is 310 g/mol. The number of pyridine rings is 1. The van der Waals surface area contributed by atoms with Crippen molar-refractivity contribution in [1.82, 2.24) is 15.2 Å². The van der Waals surface area contributed by atoms with E-state index in [0.29, 0.717) is 0 Å². The smallest absolute Gasteiger partial charge is 0.139 e. The number of aromatic nitrogens is 3. The molecule has 3 rings (SSSR count). The lowest BCUT2D eigenvalue weighted by Gasteiger charge is -2.27. The average Bonchev–Trinajstić information content (AvgIpc) is 3.09. The molecule has 2 heterocycles. The van der Waals surface area contributed by atoms with Crippen molar-refractivity contribution < 1.29 is 4.74 Å². The number of nitrogens with two attached hydrogens (primary N) is 1. The van der Waals surface area contributed by atoms with Crippen LogP contribution in [0.4, 0.5) is 0 Å². The van der Waals surface area contributed by atoms with Gasteiger partial charge >= 0.3 is 0 Å². The van der Waals surface area contributed by atoms with Gasteiger partial charge in [0, 0.05) is 17.3 Å². The third-order valence-corrected chi connectivity index (χ3v) is 4.66. The first-order valence-corrected chi connectivity index (χ1v) is 7.88. The maximum absolute atomic E-state index is 6.45. The maximum Gasteiger partial charge on any atom is 0.139 e. The number of H-pyrrole nitrogens is 1. The average molecular weight is 310 g/mol. The van der Waals surface area contributed by atoms with Crippen molar-refractivity contribution in [3.05, 3.63) is 42.2 Å². The van der Waals surface area contributed by atoms with Crippen LogP contribution in [-0.4, -0.2) is 22.3 Å². The van der Waals surface area contributed by atoms with Crippen LogP contribution < -0.4 is 10.5 Å². The lowest BCUT2D eigenvalue weighted by Crippen LogP contribution is -2.35. The largest absolute Gasteiger partial charge is 0.495 e. The van der Waals surface area contributed by atoms with E-state index >= 15 is 0 Å². The van der Waals surface area contributed by atoms with Crippen molar-refractivity contribution in [2.45, 2.75) is 32.2 Å². The highest BCUT2D eigenvalue weighted by atomic mass is 16.5. The SMILES string of the molecule is CCC(N)(CC)c1ccc(-c2ccc3[nH]ncc3c2OC)nc1. The summed E-state index contributed by atoms with van der Waals surface area (Å²) in [5.41, 5.74) is 9.95.